The molecule has 0 heterocycles. The molecule has 2 nitrogen and oxygen atoms in total. The average Bonchev–Trinajstić information content (AvgIpc) is 1.47. The molecule has 0 aliphatic heterocycles. The number of halogens is 1. The average molecular weight is 1380 g/mol. The van der Waals surface area contributed by atoms with Crippen molar-refractivity contribution in [3.05, 3.63) is 406 Å². The summed E-state index contributed by atoms with van der Waals surface area (Å²) in [6, 6.07) is 51.7. The molecule has 13 aliphatic carbocycles. The maximum Gasteiger partial charge on any atom is 0.484 e. The van der Waals surface area contributed by atoms with Crippen LogP contribution in [0.5, 0.6) is 0 Å². The lowest BCUT2D eigenvalue weighted by Gasteiger charge is -2.43. The molecule has 0 saturated carbocycles. The van der Waals surface area contributed by atoms with Crippen molar-refractivity contribution in [2.75, 3.05) is 0 Å². The number of fused-ring (bicyclic) bond motifs is 16. The van der Waals surface area contributed by atoms with Crippen LogP contribution in [0.3, 0.4) is 0 Å². The number of rotatable bonds is 6. The molecule has 14 unspecified atom stereocenters. The fourth-order valence-electron chi connectivity index (χ4n) is 19.8. The van der Waals surface area contributed by atoms with Crippen molar-refractivity contribution in [1.82, 2.24) is 0 Å². The molecular weight excluding hydrogens is 1300 g/mol. The molecule has 0 spiro atoms. The predicted molar refractivity (Wildman–Crippen MR) is 431 cm³/mol. The molecule has 0 bridgehead atoms. The van der Waals surface area contributed by atoms with Crippen LogP contribution in [0, 0.1) is 76.9 Å². The lowest BCUT2D eigenvalue weighted by molar-refractivity contribution is 0.332. The molecule has 20 rings (SSSR count). The molecule has 14 atom stereocenters. The van der Waals surface area contributed by atoms with E-state index < -0.39 is 7.12 Å². The van der Waals surface area contributed by atoms with Gasteiger partial charge < -0.3 is 10.0 Å². The molecular formula is C98H84BBrO2. The van der Waals surface area contributed by atoms with Gasteiger partial charge in [-0.25, -0.2) is 0 Å². The van der Waals surface area contributed by atoms with Gasteiger partial charge in [0.2, 0.25) is 0 Å². The normalized spacial score (nSPS) is 29.2. The van der Waals surface area contributed by atoms with Gasteiger partial charge in [0.25, 0.3) is 0 Å². The Morgan fingerprint density at radius 1 is 0.343 bits per heavy atom. The number of allylic oxidation sites excluding steroid dienone is 40. The first kappa shape index (κ1) is 64.4. The molecule has 0 aromatic heterocycles. The quantitative estimate of drug-likeness (QED) is 0.163. The summed E-state index contributed by atoms with van der Waals surface area (Å²) in [4.78, 5) is 0. The summed E-state index contributed by atoms with van der Waals surface area (Å²) in [5.41, 5.74) is 23.0. The van der Waals surface area contributed by atoms with Crippen LogP contribution < -0.4 is 0 Å². The molecule has 498 valence electrons. The summed E-state index contributed by atoms with van der Waals surface area (Å²) in [5, 5.41) is 24.8. The van der Waals surface area contributed by atoms with Gasteiger partial charge in [-0.2, -0.15) is 0 Å². The van der Waals surface area contributed by atoms with Crippen LogP contribution in [0.2, 0.25) is 0 Å². The molecule has 0 saturated heterocycles. The Labute approximate surface area is 610 Å². The van der Waals surface area contributed by atoms with Crippen molar-refractivity contribution in [3.63, 3.8) is 0 Å². The zero-order chi connectivity index (χ0) is 69.0. The van der Waals surface area contributed by atoms with Gasteiger partial charge in [0, 0.05) is 63.1 Å². The topological polar surface area (TPSA) is 40.5 Å². The third-order valence-corrected chi connectivity index (χ3v) is 25.5. The highest BCUT2D eigenvalue weighted by Crippen LogP contribution is 2.58. The fraction of sp³-hybridized carbons (Fsp3) is 0.204. The van der Waals surface area contributed by atoms with Gasteiger partial charge in [-0.15, -0.1) is 0 Å². The third-order valence-electron chi connectivity index (χ3n) is 25.1. The van der Waals surface area contributed by atoms with Crippen LogP contribution in [0.25, 0.3) is 54.9 Å². The lowest BCUT2D eigenvalue weighted by Crippen LogP contribution is -2.36. The van der Waals surface area contributed by atoms with Crippen molar-refractivity contribution in [1.29, 1.82) is 0 Å². The van der Waals surface area contributed by atoms with Gasteiger partial charge >= 0.3 is 7.12 Å². The molecule has 0 radical (unpaired) electrons. The predicted octanol–water partition coefficient (Wildman–Crippen LogP) is 23.3. The maximum absolute atomic E-state index is 9.80. The Kier molecular flexibility index (Phi) is 16.4. The Morgan fingerprint density at radius 2 is 0.775 bits per heavy atom. The van der Waals surface area contributed by atoms with E-state index in [0.717, 1.165) is 4.47 Å². The van der Waals surface area contributed by atoms with Crippen molar-refractivity contribution >= 4 is 44.6 Å². The van der Waals surface area contributed by atoms with E-state index >= 15 is 0 Å². The van der Waals surface area contributed by atoms with Crippen LogP contribution in [-0.2, 0) is 10.8 Å². The van der Waals surface area contributed by atoms with E-state index in [2.05, 4.69) is 372 Å². The SMILES string of the molecule is CC1(C)c2cc(-c3ccc4ccccc4c3)ccc2C2C=CC(C3=CC=C(C4=CC5C=CC=CC5C5C=CC=CC45)C4C=CC=CC34)=CC21.CC1(C)c2cc(Br)ccc2-c2ccc(-c3ccc4ccccc4c3)cc21.OB(O)C1=CC=C(C2=CC3C=CC=CC3C3C=CC=CC23)C2C=CC=CC12. The monoisotopic (exact) mass is 1380 g/mol. The van der Waals surface area contributed by atoms with Crippen LogP contribution in [0.1, 0.15) is 55.9 Å². The molecule has 4 heteroatoms. The van der Waals surface area contributed by atoms with Gasteiger partial charge in [-0.05, 0) is 181 Å². The van der Waals surface area contributed by atoms with Crippen LogP contribution in [0.4, 0.5) is 0 Å². The smallest absolute Gasteiger partial charge is 0.423 e. The minimum absolute atomic E-state index is 0.0111. The zero-order valence-electron chi connectivity index (χ0n) is 58.3. The second-order valence-electron chi connectivity index (χ2n) is 31.1. The molecule has 2 N–H and O–H groups in total. The number of hydrogen-bond donors (Lipinski definition) is 2. The van der Waals surface area contributed by atoms with E-state index in [0.29, 0.717) is 76.5 Å². The van der Waals surface area contributed by atoms with Crippen molar-refractivity contribution in [2.24, 2.45) is 76.9 Å². The molecule has 0 amide bonds. The third kappa shape index (κ3) is 11.1. The summed E-state index contributed by atoms with van der Waals surface area (Å²) >= 11 is 3.64. The summed E-state index contributed by atoms with van der Waals surface area (Å²) in [6.45, 7) is 9.59. The van der Waals surface area contributed by atoms with Crippen molar-refractivity contribution in [3.8, 4) is 33.4 Å². The standard InChI is InChI=1S/C49H42.C25H19Br.C24H23BO2/c1-49(2)47-29-34(33-20-19-31-11-3-4-12-32(31)27-33)21-23-44(47)45-24-22-36(30-48(45)49)38-25-26-43(41-17-9-7-16-40(38)41)46-28-35-13-5-6-14-37(35)39-15-8-10-18-42(39)46;1-25(2)23-14-19(18-8-7-16-5-3-4-6-17(16)13-18)9-11-21(23)22-12-10-20(26)15-24(22)25;26-25(27)24-14-13-21(19-10-5-6-12-22(19)24)23-15-16-7-1-2-8-17(16)18-9-3-4-11-20(18)23/h3-30,35,37,39-42,45,48H,1-2H3;3-15H,1-2H3;1-20,22,26-27H. The van der Waals surface area contributed by atoms with E-state index in [1.165, 1.54) is 111 Å². The molecule has 13 aliphatic rings. The van der Waals surface area contributed by atoms with Gasteiger partial charge in [0.1, 0.15) is 0 Å². The first-order chi connectivity index (χ1) is 49.8. The Morgan fingerprint density at radius 3 is 1.35 bits per heavy atom. The Bertz CT molecular complexity index is 5320. The molecule has 7 aromatic rings. The summed E-state index contributed by atoms with van der Waals surface area (Å²) in [6.07, 6.45) is 76.1. The van der Waals surface area contributed by atoms with E-state index in [1.54, 1.807) is 0 Å². The summed E-state index contributed by atoms with van der Waals surface area (Å²) in [7, 11) is -1.41. The van der Waals surface area contributed by atoms with E-state index in [9.17, 15) is 10.0 Å². The molecule has 0 fully saturated rings. The van der Waals surface area contributed by atoms with Crippen LogP contribution in [0.15, 0.2) is 383 Å². The lowest BCUT2D eigenvalue weighted by atomic mass is 9.58. The van der Waals surface area contributed by atoms with Gasteiger partial charge in [0.15, 0.2) is 0 Å². The second kappa shape index (κ2) is 26.0. The highest BCUT2D eigenvalue weighted by Gasteiger charge is 2.48. The summed E-state index contributed by atoms with van der Waals surface area (Å²) in [5.74, 6) is 5.39. The highest BCUT2D eigenvalue weighted by molar-refractivity contribution is 9.10. The first-order valence-corrected chi connectivity index (χ1v) is 37.8. The largest absolute Gasteiger partial charge is 0.484 e. The van der Waals surface area contributed by atoms with Crippen LogP contribution >= 0.6 is 15.9 Å². The van der Waals surface area contributed by atoms with E-state index in [-0.39, 0.29) is 22.7 Å². The maximum atomic E-state index is 9.80. The number of hydrogen-bond acceptors (Lipinski definition) is 2. The van der Waals surface area contributed by atoms with Crippen molar-refractivity contribution in [2.45, 2.75) is 44.4 Å². The number of benzene rings is 7. The Hall–Kier alpha value is -9.68. The van der Waals surface area contributed by atoms with E-state index in [4.69, 9.17) is 0 Å². The highest BCUT2D eigenvalue weighted by atomic mass is 79.9. The zero-order valence-corrected chi connectivity index (χ0v) is 59.9. The van der Waals surface area contributed by atoms with Crippen molar-refractivity contribution < 1.29 is 10.0 Å². The van der Waals surface area contributed by atoms with Gasteiger partial charge in [-0.3, -0.25) is 0 Å². The first-order valence-electron chi connectivity index (χ1n) is 37.0. The Balaban J connectivity index is 0.000000119. The second-order valence-corrected chi connectivity index (χ2v) is 32.1. The molecule has 7 aromatic carbocycles. The van der Waals surface area contributed by atoms with Gasteiger partial charge in [0.05, 0.1) is 0 Å². The van der Waals surface area contributed by atoms with E-state index in [1.807, 2.05) is 12.2 Å². The molecule has 102 heavy (non-hydrogen) atoms. The summed E-state index contributed by atoms with van der Waals surface area (Å²) < 4.78 is 1.15. The minimum Gasteiger partial charge on any atom is -0.423 e. The van der Waals surface area contributed by atoms with Crippen LogP contribution in [-0.4, -0.2) is 17.2 Å². The minimum atomic E-state index is -1.41. The van der Waals surface area contributed by atoms with Gasteiger partial charge in [-0.1, -0.05) is 353 Å². The fourth-order valence-corrected chi connectivity index (χ4v) is 20.1.